The summed E-state index contributed by atoms with van der Waals surface area (Å²) < 4.78 is 12.0. The summed E-state index contributed by atoms with van der Waals surface area (Å²) in [7, 11) is 3.21. The van der Waals surface area contributed by atoms with Gasteiger partial charge in [0, 0.05) is 10.8 Å². The van der Waals surface area contributed by atoms with Crippen molar-refractivity contribution < 1.29 is 14.3 Å². The number of fused-ring (bicyclic) bond motifs is 3. The SMILES string of the molecule is COc1ccc2c(c1)c1cc(OC)ccc1n2C(=O)Cl. The van der Waals surface area contributed by atoms with Crippen LogP contribution in [-0.4, -0.2) is 24.2 Å². The van der Waals surface area contributed by atoms with Crippen LogP contribution in [0.5, 0.6) is 11.5 Å². The number of halogens is 1. The third kappa shape index (κ3) is 1.80. The number of benzene rings is 2. The second-order valence-corrected chi connectivity index (χ2v) is 4.68. The molecule has 0 fully saturated rings. The molecule has 4 nitrogen and oxygen atoms in total. The van der Waals surface area contributed by atoms with Crippen LogP contribution in [0.3, 0.4) is 0 Å². The van der Waals surface area contributed by atoms with E-state index in [1.165, 1.54) is 4.57 Å². The first-order chi connectivity index (χ1) is 9.65. The van der Waals surface area contributed by atoms with Crippen molar-refractivity contribution in [1.29, 1.82) is 0 Å². The predicted molar refractivity (Wildman–Crippen MR) is 79.2 cm³/mol. The van der Waals surface area contributed by atoms with Gasteiger partial charge in [0.25, 0.3) is 0 Å². The lowest BCUT2D eigenvalue weighted by molar-refractivity contribution is 0.262. The zero-order valence-electron chi connectivity index (χ0n) is 11.0. The molecule has 2 aromatic carbocycles. The summed E-state index contributed by atoms with van der Waals surface area (Å²) in [6.07, 6.45) is 0. The fraction of sp³-hybridized carbons (Fsp3) is 0.133. The first-order valence-electron chi connectivity index (χ1n) is 6.01. The Morgan fingerprint density at radius 1 is 0.950 bits per heavy atom. The van der Waals surface area contributed by atoms with Gasteiger partial charge in [0.15, 0.2) is 0 Å². The maximum atomic E-state index is 11.7. The molecule has 0 aliphatic carbocycles. The highest BCUT2D eigenvalue weighted by atomic mass is 35.5. The molecule has 20 heavy (non-hydrogen) atoms. The van der Waals surface area contributed by atoms with E-state index in [9.17, 15) is 4.79 Å². The number of aromatic nitrogens is 1. The van der Waals surface area contributed by atoms with Crippen LogP contribution in [-0.2, 0) is 0 Å². The van der Waals surface area contributed by atoms with Gasteiger partial charge in [-0.3, -0.25) is 9.36 Å². The molecule has 0 saturated carbocycles. The minimum Gasteiger partial charge on any atom is -0.497 e. The Morgan fingerprint density at radius 2 is 1.40 bits per heavy atom. The molecule has 0 aliphatic heterocycles. The average Bonchev–Trinajstić information content (AvgIpc) is 2.79. The second-order valence-electron chi connectivity index (χ2n) is 4.35. The molecule has 5 heteroatoms. The summed E-state index contributed by atoms with van der Waals surface area (Å²) in [5, 5.41) is 1.25. The third-order valence-corrected chi connectivity index (χ3v) is 3.52. The number of methoxy groups -OCH3 is 2. The van der Waals surface area contributed by atoms with E-state index in [0.717, 1.165) is 33.3 Å². The molecule has 0 spiro atoms. The lowest BCUT2D eigenvalue weighted by Gasteiger charge is -2.01. The van der Waals surface area contributed by atoms with E-state index >= 15 is 0 Å². The minimum absolute atomic E-state index is 0.541. The van der Waals surface area contributed by atoms with Gasteiger partial charge in [-0.05, 0) is 48.0 Å². The molecule has 0 saturated heterocycles. The molecule has 0 bridgehead atoms. The molecule has 0 aliphatic rings. The van der Waals surface area contributed by atoms with Crippen LogP contribution in [0.25, 0.3) is 21.8 Å². The van der Waals surface area contributed by atoms with Gasteiger partial charge in [0.2, 0.25) is 0 Å². The molecule has 3 aromatic rings. The Bertz CT molecular complexity index is 761. The topological polar surface area (TPSA) is 40.5 Å². The van der Waals surface area contributed by atoms with Crippen LogP contribution < -0.4 is 9.47 Å². The molecular formula is C15H12ClNO3. The Hall–Kier alpha value is -2.20. The van der Waals surface area contributed by atoms with E-state index in [1.807, 2.05) is 24.3 Å². The second kappa shape index (κ2) is 4.72. The Morgan fingerprint density at radius 3 is 1.75 bits per heavy atom. The normalized spacial score (nSPS) is 10.9. The van der Waals surface area contributed by atoms with E-state index in [2.05, 4.69) is 0 Å². The number of hydrogen-bond acceptors (Lipinski definition) is 3. The fourth-order valence-electron chi connectivity index (χ4n) is 2.42. The van der Waals surface area contributed by atoms with E-state index in [4.69, 9.17) is 21.1 Å². The Balaban J connectivity index is 2.48. The number of carbonyl (C=O) groups is 1. The number of carbonyl (C=O) groups excluding carboxylic acids is 1. The maximum Gasteiger partial charge on any atom is 0.325 e. The largest absolute Gasteiger partial charge is 0.497 e. The molecule has 3 rings (SSSR count). The van der Waals surface area contributed by atoms with Gasteiger partial charge in [0.05, 0.1) is 25.3 Å². The van der Waals surface area contributed by atoms with Crippen molar-refractivity contribution in [2.24, 2.45) is 0 Å². The highest BCUT2D eigenvalue weighted by Crippen LogP contribution is 2.34. The Labute approximate surface area is 120 Å². The standard InChI is InChI=1S/C15H12ClNO3/c1-19-9-3-5-13-11(7-9)12-8-10(20-2)4-6-14(12)17(13)15(16)18/h3-8H,1-2H3. The first kappa shape index (κ1) is 12.8. The van der Waals surface area contributed by atoms with Crippen molar-refractivity contribution in [3.63, 3.8) is 0 Å². The molecule has 0 unspecified atom stereocenters. The summed E-state index contributed by atoms with van der Waals surface area (Å²) in [5.41, 5.74) is 1.49. The lowest BCUT2D eigenvalue weighted by atomic mass is 10.1. The minimum atomic E-state index is -0.541. The summed E-state index contributed by atoms with van der Waals surface area (Å²) in [4.78, 5) is 11.7. The molecule has 1 aromatic heterocycles. The summed E-state index contributed by atoms with van der Waals surface area (Å²) in [5.74, 6) is 1.45. The summed E-state index contributed by atoms with van der Waals surface area (Å²) in [6.45, 7) is 0. The van der Waals surface area contributed by atoms with Gasteiger partial charge in [-0.2, -0.15) is 0 Å². The van der Waals surface area contributed by atoms with Crippen molar-refractivity contribution in [1.82, 2.24) is 4.57 Å². The fourth-order valence-corrected chi connectivity index (χ4v) is 2.61. The van der Waals surface area contributed by atoms with Crippen molar-refractivity contribution in [3.8, 4) is 11.5 Å². The molecule has 0 amide bonds. The van der Waals surface area contributed by atoms with Gasteiger partial charge in [0.1, 0.15) is 11.5 Å². The van der Waals surface area contributed by atoms with E-state index in [-0.39, 0.29) is 0 Å². The smallest absolute Gasteiger partial charge is 0.325 e. The van der Waals surface area contributed by atoms with Crippen LogP contribution in [0.4, 0.5) is 4.79 Å². The van der Waals surface area contributed by atoms with Gasteiger partial charge in [-0.25, -0.2) is 0 Å². The predicted octanol–water partition coefficient (Wildman–Crippen LogP) is 4.02. The number of nitrogens with zero attached hydrogens (tertiary/aromatic N) is 1. The highest BCUT2D eigenvalue weighted by Gasteiger charge is 2.15. The van der Waals surface area contributed by atoms with Gasteiger partial charge in [-0.15, -0.1) is 0 Å². The molecule has 0 N–H and O–H groups in total. The molecule has 0 atom stereocenters. The summed E-state index contributed by atoms with van der Waals surface area (Å²) in [6, 6.07) is 11.0. The van der Waals surface area contributed by atoms with Crippen LogP contribution >= 0.6 is 11.6 Å². The van der Waals surface area contributed by atoms with Crippen LogP contribution in [0, 0.1) is 0 Å². The zero-order chi connectivity index (χ0) is 14.3. The van der Waals surface area contributed by atoms with Crippen molar-refractivity contribution in [2.45, 2.75) is 0 Å². The quantitative estimate of drug-likeness (QED) is 0.669. The van der Waals surface area contributed by atoms with Gasteiger partial charge >= 0.3 is 5.37 Å². The lowest BCUT2D eigenvalue weighted by Crippen LogP contribution is -2.00. The zero-order valence-corrected chi connectivity index (χ0v) is 11.8. The Kier molecular flexibility index (Phi) is 3.03. The highest BCUT2D eigenvalue weighted by molar-refractivity contribution is 6.64. The molecular weight excluding hydrogens is 278 g/mol. The molecule has 102 valence electrons. The monoisotopic (exact) mass is 289 g/mol. The van der Waals surface area contributed by atoms with Crippen molar-refractivity contribution >= 4 is 38.8 Å². The van der Waals surface area contributed by atoms with Gasteiger partial charge in [-0.1, -0.05) is 0 Å². The van der Waals surface area contributed by atoms with E-state index < -0.39 is 5.37 Å². The van der Waals surface area contributed by atoms with E-state index in [1.54, 1.807) is 26.4 Å². The average molecular weight is 290 g/mol. The number of hydrogen-bond donors (Lipinski definition) is 0. The van der Waals surface area contributed by atoms with Crippen molar-refractivity contribution in [3.05, 3.63) is 36.4 Å². The third-order valence-electron chi connectivity index (χ3n) is 3.36. The van der Waals surface area contributed by atoms with Gasteiger partial charge < -0.3 is 9.47 Å². The van der Waals surface area contributed by atoms with E-state index in [0.29, 0.717) is 0 Å². The van der Waals surface area contributed by atoms with Crippen LogP contribution in [0.2, 0.25) is 0 Å². The molecule has 1 heterocycles. The van der Waals surface area contributed by atoms with Crippen LogP contribution in [0.15, 0.2) is 36.4 Å². The number of rotatable bonds is 2. The first-order valence-corrected chi connectivity index (χ1v) is 6.39. The van der Waals surface area contributed by atoms with Crippen LogP contribution in [0.1, 0.15) is 0 Å². The summed E-state index contributed by atoms with van der Waals surface area (Å²) >= 11 is 5.71. The molecule has 0 radical (unpaired) electrons. The number of ether oxygens (including phenoxy) is 2. The van der Waals surface area contributed by atoms with Crippen molar-refractivity contribution in [2.75, 3.05) is 14.2 Å². The maximum absolute atomic E-state index is 11.7.